The lowest BCUT2D eigenvalue weighted by atomic mass is 10.1. The Labute approximate surface area is 108 Å². The molecule has 0 aliphatic carbocycles. The van der Waals surface area contributed by atoms with Gasteiger partial charge in [0.05, 0.1) is 11.7 Å². The van der Waals surface area contributed by atoms with Gasteiger partial charge in [-0.2, -0.15) is 13.2 Å². The van der Waals surface area contributed by atoms with E-state index in [-0.39, 0.29) is 18.1 Å². The zero-order chi connectivity index (χ0) is 14.0. The Morgan fingerprint density at radius 3 is 2.74 bits per heavy atom. The molecule has 1 aromatic rings. The molecule has 2 heterocycles. The van der Waals surface area contributed by atoms with Crippen LogP contribution < -0.4 is 5.56 Å². The Bertz CT molecular complexity index is 492. The molecular weight excluding hydrogens is 261 g/mol. The molecule has 0 bridgehead atoms. The van der Waals surface area contributed by atoms with Gasteiger partial charge < -0.3 is 9.72 Å². The lowest BCUT2D eigenvalue weighted by molar-refractivity contribution is -0.138. The van der Waals surface area contributed by atoms with Crippen LogP contribution in [0.15, 0.2) is 17.1 Å². The molecule has 4 nitrogen and oxygen atoms in total. The summed E-state index contributed by atoms with van der Waals surface area (Å²) in [6, 6.07) is 0.614. The highest BCUT2D eigenvalue weighted by Crippen LogP contribution is 2.31. The quantitative estimate of drug-likeness (QED) is 0.900. The third-order valence-corrected chi connectivity index (χ3v) is 3.27. The maximum absolute atomic E-state index is 12.8. The van der Waals surface area contributed by atoms with E-state index in [0.717, 1.165) is 19.3 Å². The second-order valence-electron chi connectivity index (χ2n) is 4.60. The number of aromatic amines is 1. The molecule has 106 valence electrons. The van der Waals surface area contributed by atoms with Gasteiger partial charge in [-0.15, -0.1) is 0 Å². The summed E-state index contributed by atoms with van der Waals surface area (Å²) in [5.41, 5.74) is -1.47. The van der Waals surface area contributed by atoms with Crippen molar-refractivity contribution in [1.82, 2.24) is 9.88 Å². The highest BCUT2D eigenvalue weighted by atomic mass is 19.4. The Balaban J connectivity index is 2.02. The molecule has 2 rings (SSSR count). The van der Waals surface area contributed by atoms with E-state index in [1.54, 1.807) is 7.11 Å². The number of H-pyrrole nitrogens is 1. The van der Waals surface area contributed by atoms with E-state index >= 15 is 0 Å². The van der Waals surface area contributed by atoms with Crippen LogP contribution in [0, 0.1) is 0 Å². The first-order valence-electron chi connectivity index (χ1n) is 5.94. The summed E-state index contributed by atoms with van der Waals surface area (Å²) >= 11 is 0. The lowest BCUT2D eigenvalue weighted by Gasteiger charge is -2.38. The van der Waals surface area contributed by atoms with Gasteiger partial charge in [-0.1, -0.05) is 0 Å². The summed E-state index contributed by atoms with van der Waals surface area (Å²) in [5, 5.41) is 0. The van der Waals surface area contributed by atoms with Crippen LogP contribution in [0.2, 0.25) is 0 Å². The van der Waals surface area contributed by atoms with Crippen LogP contribution in [0.25, 0.3) is 0 Å². The minimum atomic E-state index is -4.49. The number of rotatable bonds is 4. The predicted octanol–water partition coefficient (Wildman–Crippen LogP) is 1.27. The van der Waals surface area contributed by atoms with Crippen LogP contribution in [-0.2, 0) is 17.3 Å². The van der Waals surface area contributed by atoms with Crippen molar-refractivity contribution in [2.24, 2.45) is 0 Å². The smallest absolute Gasteiger partial charge is 0.379 e. The molecule has 1 N–H and O–H groups in total. The molecule has 0 unspecified atom stereocenters. The summed E-state index contributed by atoms with van der Waals surface area (Å²) in [6.07, 6.45) is -2.91. The van der Waals surface area contributed by atoms with Gasteiger partial charge in [0.2, 0.25) is 5.56 Å². The number of halogens is 3. The fourth-order valence-electron chi connectivity index (χ4n) is 2.10. The van der Waals surface area contributed by atoms with Crippen molar-refractivity contribution in [1.29, 1.82) is 0 Å². The minimum absolute atomic E-state index is 0.118. The van der Waals surface area contributed by atoms with E-state index in [9.17, 15) is 18.0 Å². The highest BCUT2D eigenvalue weighted by molar-refractivity contribution is 5.26. The molecule has 0 saturated carbocycles. The molecule has 1 aliphatic rings. The fraction of sp³-hybridized carbons (Fsp3) is 0.583. The molecule has 1 fully saturated rings. The van der Waals surface area contributed by atoms with Gasteiger partial charge in [-0.3, -0.25) is 9.69 Å². The van der Waals surface area contributed by atoms with Gasteiger partial charge in [-0.25, -0.2) is 0 Å². The maximum Gasteiger partial charge on any atom is 0.416 e. The summed E-state index contributed by atoms with van der Waals surface area (Å²) in [7, 11) is 1.62. The van der Waals surface area contributed by atoms with Gasteiger partial charge in [0, 0.05) is 39.0 Å². The zero-order valence-corrected chi connectivity index (χ0v) is 10.5. The maximum atomic E-state index is 12.8. The summed E-state index contributed by atoms with van der Waals surface area (Å²) < 4.78 is 43.4. The van der Waals surface area contributed by atoms with E-state index in [0.29, 0.717) is 12.6 Å². The summed E-state index contributed by atoms with van der Waals surface area (Å²) in [6.45, 7) is 2.00. The van der Waals surface area contributed by atoms with Gasteiger partial charge in [0.1, 0.15) is 0 Å². The third kappa shape index (κ3) is 3.36. The SMILES string of the molecule is COC1CN(CCc2c[nH]c(=O)cc2C(F)(F)F)C1. The molecule has 1 saturated heterocycles. The first-order valence-corrected chi connectivity index (χ1v) is 5.94. The van der Waals surface area contributed by atoms with Crippen molar-refractivity contribution in [3.63, 3.8) is 0 Å². The van der Waals surface area contributed by atoms with E-state index in [1.807, 2.05) is 4.90 Å². The number of hydrogen-bond acceptors (Lipinski definition) is 3. The van der Waals surface area contributed by atoms with Crippen molar-refractivity contribution in [2.45, 2.75) is 18.7 Å². The number of nitrogens with one attached hydrogen (secondary N) is 1. The minimum Gasteiger partial charge on any atom is -0.379 e. The van der Waals surface area contributed by atoms with Gasteiger partial charge >= 0.3 is 6.18 Å². The van der Waals surface area contributed by atoms with E-state index in [1.165, 1.54) is 0 Å². The molecule has 0 atom stereocenters. The average molecular weight is 276 g/mol. The fourth-order valence-corrected chi connectivity index (χ4v) is 2.10. The molecule has 0 spiro atoms. The molecule has 1 aromatic heterocycles. The third-order valence-electron chi connectivity index (χ3n) is 3.27. The van der Waals surface area contributed by atoms with Crippen molar-refractivity contribution < 1.29 is 17.9 Å². The number of likely N-dealkylation sites (tertiary alicyclic amines) is 1. The first-order chi connectivity index (χ1) is 8.90. The molecule has 0 aromatic carbocycles. The number of pyridine rings is 1. The molecule has 1 aliphatic heterocycles. The van der Waals surface area contributed by atoms with Crippen LogP contribution in [0.1, 0.15) is 11.1 Å². The Morgan fingerprint density at radius 2 is 2.16 bits per heavy atom. The van der Waals surface area contributed by atoms with Gasteiger partial charge in [-0.05, 0) is 12.0 Å². The van der Waals surface area contributed by atoms with Crippen LogP contribution in [-0.4, -0.2) is 42.7 Å². The van der Waals surface area contributed by atoms with E-state index in [4.69, 9.17) is 4.74 Å². The van der Waals surface area contributed by atoms with Crippen LogP contribution in [0.4, 0.5) is 13.2 Å². The molecule has 19 heavy (non-hydrogen) atoms. The zero-order valence-electron chi connectivity index (χ0n) is 10.5. The second-order valence-corrected chi connectivity index (χ2v) is 4.60. The lowest BCUT2D eigenvalue weighted by Crippen LogP contribution is -2.52. The van der Waals surface area contributed by atoms with E-state index < -0.39 is 17.3 Å². The molecule has 7 heteroatoms. The number of aromatic nitrogens is 1. The van der Waals surface area contributed by atoms with Crippen LogP contribution in [0.5, 0.6) is 0 Å². The standard InChI is InChI=1S/C12H15F3N2O2/c1-19-9-6-17(7-9)3-2-8-5-16-11(18)4-10(8)12(13,14)15/h4-5,9H,2-3,6-7H2,1H3,(H,16,18). The number of hydrogen-bond donors (Lipinski definition) is 1. The topological polar surface area (TPSA) is 45.3 Å². The second kappa shape index (κ2) is 5.34. The average Bonchev–Trinajstić information content (AvgIpc) is 2.27. The molecule has 0 amide bonds. The number of nitrogens with zero attached hydrogens (tertiary/aromatic N) is 1. The Hall–Kier alpha value is -1.34. The number of ether oxygens (including phenoxy) is 1. The van der Waals surface area contributed by atoms with E-state index in [2.05, 4.69) is 4.98 Å². The largest absolute Gasteiger partial charge is 0.416 e. The van der Waals surface area contributed by atoms with Crippen molar-refractivity contribution >= 4 is 0 Å². The van der Waals surface area contributed by atoms with Crippen LogP contribution in [0.3, 0.4) is 0 Å². The van der Waals surface area contributed by atoms with Crippen molar-refractivity contribution in [3.8, 4) is 0 Å². The first kappa shape index (κ1) is 14.1. The number of alkyl halides is 3. The van der Waals surface area contributed by atoms with Gasteiger partial charge in [0.25, 0.3) is 0 Å². The van der Waals surface area contributed by atoms with Crippen molar-refractivity contribution in [3.05, 3.63) is 33.7 Å². The summed E-state index contributed by atoms with van der Waals surface area (Å²) in [4.78, 5) is 15.3. The molecule has 0 radical (unpaired) electrons. The normalized spacial score (nSPS) is 17.5. The monoisotopic (exact) mass is 276 g/mol. The molecular formula is C12H15F3N2O2. The number of methoxy groups -OCH3 is 1. The van der Waals surface area contributed by atoms with Crippen molar-refractivity contribution in [2.75, 3.05) is 26.7 Å². The highest BCUT2D eigenvalue weighted by Gasteiger charge is 2.34. The van der Waals surface area contributed by atoms with Crippen LogP contribution >= 0.6 is 0 Å². The Morgan fingerprint density at radius 1 is 1.47 bits per heavy atom. The predicted molar refractivity (Wildman–Crippen MR) is 63.0 cm³/mol. The van der Waals surface area contributed by atoms with Gasteiger partial charge in [0.15, 0.2) is 0 Å². The Kier molecular flexibility index (Phi) is 3.96. The summed E-state index contributed by atoms with van der Waals surface area (Å²) in [5.74, 6) is 0.